The van der Waals surface area contributed by atoms with Gasteiger partial charge in [-0.15, -0.1) is 0 Å². The molecule has 0 unspecified atom stereocenters. The van der Waals surface area contributed by atoms with Gasteiger partial charge in [-0.2, -0.15) is 0 Å². The van der Waals surface area contributed by atoms with E-state index in [1.54, 1.807) is 13.0 Å². The number of carboxylic acids is 2. The van der Waals surface area contributed by atoms with Crippen molar-refractivity contribution in [2.24, 2.45) is 10.8 Å². The van der Waals surface area contributed by atoms with Crippen LogP contribution in [-0.2, 0) is 9.59 Å². The smallest absolute Gasteiger partial charge is 0.312 e. The monoisotopic (exact) mass is 354 g/mol. The maximum atomic E-state index is 13.0. The Morgan fingerprint density at radius 1 is 1.04 bits per heavy atom. The Morgan fingerprint density at radius 3 is 2.23 bits per heavy atom. The molecule has 1 aromatic carbocycles. The summed E-state index contributed by atoms with van der Waals surface area (Å²) in [5.41, 5.74) is -0.00490. The second-order valence-corrected chi connectivity index (χ2v) is 7.43. The molecule has 1 aromatic heterocycles. The maximum Gasteiger partial charge on any atom is 0.312 e. The number of aliphatic carboxylic acids is 2. The first-order chi connectivity index (χ1) is 12.2. The van der Waals surface area contributed by atoms with E-state index in [2.05, 4.69) is 4.98 Å². The molecule has 1 saturated carbocycles. The molecule has 26 heavy (non-hydrogen) atoms. The maximum absolute atomic E-state index is 13.0. The Hall–Kier alpha value is -2.96. The predicted octanol–water partition coefficient (Wildman–Crippen LogP) is 1.85. The predicted molar refractivity (Wildman–Crippen MR) is 91.9 cm³/mol. The standard InChI is InChI=1S/C19H18N2O5/c1-10-3-4-14-12(5-10)6-13(11(2)20-14)15(22)21-8-18(16(23)24)7-19(18,9-21)17(25)26/h3-6H,7-9H2,1-2H3,(H,23,24)(H,25,26)/t18-,19+. The molecule has 2 N–H and O–H groups in total. The van der Waals surface area contributed by atoms with E-state index >= 15 is 0 Å². The molecule has 2 aliphatic rings. The lowest BCUT2D eigenvalue weighted by atomic mass is 9.97. The van der Waals surface area contributed by atoms with Crippen molar-refractivity contribution in [3.63, 3.8) is 0 Å². The van der Waals surface area contributed by atoms with Crippen LogP contribution in [0.3, 0.4) is 0 Å². The van der Waals surface area contributed by atoms with E-state index in [-0.39, 0.29) is 25.4 Å². The summed E-state index contributed by atoms with van der Waals surface area (Å²) in [6.07, 6.45) is 0.0720. The number of hydrogen-bond acceptors (Lipinski definition) is 4. The minimum Gasteiger partial charge on any atom is -0.481 e. The summed E-state index contributed by atoms with van der Waals surface area (Å²) in [5, 5.41) is 19.8. The van der Waals surface area contributed by atoms with Crippen molar-refractivity contribution in [2.45, 2.75) is 20.3 Å². The van der Waals surface area contributed by atoms with Crippen LogP contribution in [0.25, 0.3) is 10.9 Å². The van der Waals surface area contributed by atoms with Crippen molar-refractivity contribution >= 4 is 28.7 Å². The van der Waals surface area contributed by atoms with Crippen LogP contribution in [0.15, 0.2) is 24.3 Å². The van der Waals surface area contributed by atoms with Crippen LogP contribution in [0.2, 0.25) is 0 Å². The number of benzene rings is 1. The quantitative estimate of drug-likeness (QED) is 0.871. The molecule has 1 aliphatic carbocycles. The average molecular weight is 354 g/mol. The van der Waals surface area contributed by atoms with E-state index in [0.29, 0.717) is 11.3 Å². The van der Waals surface area contributed by atoms with Crippen LogP contribution in [0.5, 0.6) is 0 Å². The minimum absolute atomic E-state index is 0.0720. The molecule has 1 saturated heterocycles. The first-order valence-electron chi connectivity index (χ1n) is 8.34. The number of nitrogens with zero attached hydrogens (tertiary/aromatic N) is 2. The van der Waals surface area contributed by atoms with E-state index in [0.717, 1.165) is 16.5 Å². The molecule has 7 heteroatoms. The highest BCUT2D eigenvalue weighted by atomic mass is 16.4. The molecule has 4 rings (SSSR count). The number of amides is 1. The zero-order chi connectivity index (χ0) is 18.9. The van der Waals surface area contributed by atoms with Crippen LogP contribution in [0, 0.1) is 24.7 Å². The number of likely N-dealkylation sites (tertiary alicyclic amines) is 1. The van der Waals surface area contributed by atoms with Gasteiger partial charge in [0.15, 0.2) is 0 Å². The van der Waals surface area contributed by atoms with Gasteiger partial charge in [-0.1, -0.05) is 11.6 Å². The normalized spacial score (nSPS) is 26.6. The Labute approximate surface area is 149 Å². The molecule has 0 bridgehead atoms. The summed E-state index contributed by atoms with van der Waals surface area (Å²) in [6.45, 7) is 3.50. The van der Waals surface area contributed by atoms with Crippen molar-refractivity contribution in [2.75, 3.05) is 13.1 Å². The van der Waals surface area contributed by atoms with Crippen molar-refractivity contribution in [3.05, 3.63) is 41.1 Å². The molecule has 7 nitrogen and oxygen atoms in total. The summed E-state index contributed by atoms with van der Waals surface area (Å²) in [7, 11) is 0. The Bertz CT molecular complexity index is 973. The van der Waals surface area contributed by atoms with E-state index in [1.807, 2.05) is 25.1 Å². The number of aromatic nitrogens is 1. The fourth-order valence-electron chi connectivity index (χ4n) is 4.21. The van der Waals surface area contributed by atoms with Gasteiger partial charge >= 0.3 is 11.9 Å². The van der Waals surface area contributed by atoms with E-state index in [4.69, 9.17) is 0 Å². The number of aryl methyl sites for hydroxylation is 2. The fourth-order valence-corrected chi connectivity index (χ4v) is 4.21. The van der Waals surface area contributed by atoms with Crippen LogP contribution in [0.4, 0.5) is 0 Å². The molecule has 1 amide bonds. The van der Waals surface area contributed by atoms with Crippen LogP contribution in [0.1, 0.15) is 28.0 Å². The van der Waals surface area contributed by atoms with Gasteiger partial charge in [0.2, 0.25) is 0 Å². The average Bonchev–Trinajstić information content (AvgIpc) is 3.12. The lowest BCUT2D eigenvalue weighted by Gasteiger charge is -2.21. The zero-order valence-corrected chi connectivity index (χ0v) is 14.4. The van der Waals surface area contributed by atoms with E-state index in [9.17, 15) is 24.6 Å². The molecule has 2 heterocycles. The van der Waals surface area contributed by atoms with Crippen molar-refractivity contribution in [3.8, 4) is 0 Å². The first-order valence-corrected chi connectivity index (χ1v) is 8.34. The summed E-state index contributed by atoms with van der Waals surface area (Å²) in [5.74, 6) is -2.68. The summed E-state index contributed by atoms with van der Waals surface area (Å²) >= 11 is 0. The Kier molecular flexibility index (Phi) is 3.19. The number of carbonyl (C=O) groups is 3. The van der Waals surface area contributed by atoms with Crippen LogP contribution < -0.4 is 0 Å². The lowest BCUT2D eigenvalue weighted by Crippen LogP contribution is -2.35. The van der Waals surface area contributed by atoms with Gasteiger partial charge < -0.3 is 15.1 Å². The summed E-state index contributed by atoms with van der Waals surface area (Å²) in [4.78, 5) is 42.1. The van der Waals surface area contributed by atoms with Crippen molar-refractivity contribution in [1.29, 1.82) is 0 Å². The third-order valence-corrected chi connectivity index (χ3v) is 5.81. The second-order valence-electron chi connectivity index (χ2n) is 7.43. The van der Waals surface area contributed by atoms with Crippen molar-refractivity contribution < 1.29 is 24.6 Å². The van der Waals surface area contributed by atoms with Crippen molar-refractivity contribution in [1.82, 2.24) is 9.88 Å². The molecule has 0 radical (unpaired) electrons. The molecule has 134 valence electrons. The summed E-state index contributed by atoms with van der Waals surface area (Å²) < 4.78 is 0. The van der Waals surface area contributed by atoms with Gasteiger partial charge in [0, 0.05) is 18.5 Å². The molecule has 0 spiro atoms. The van der Waals surface area contributed by atoms with Gasteiger partial charge in [-0.3, -0.25) is 19.4 Å². The fraction of sp³-hybridized carbons (Fsp3) is 0.368. The van der Waals surface area contributed by atoms with Crippen LogP contribution in [-0.4, -0.2) is 51.0 Å². The van der Waals surface area contributed by atoms with Crippen LogP contribution >= 0.6 is 0 Å². The summed E-state index contributed by atoms with van der Waals surface area (Å²) in [6, 6.07) is 7.50. The molecule has 2 aromatic rings. The zero-order valence-electron chi connectivity index (χ0n) is 14.4. The number of carbonyl (C=O) groups excluding carboxylic acids is 1. The third kappa shape index (κ3) is 2.00. The Morgan fingerprint density at radius 2 is 1.65 bits per heavy atom. The highest BCUT2D eigenvalue weighted by Crippen LogP contribution is 2.68. The number of fused-ring (bicyclic) bond motifs is 2. The first kappa shape index (κ1) is 16.5. The number of rotatable bonds is 3. The number of pyridine rings is 1. The number of carboxylic acid groups (broad SMARTS) is 2. The number of piperidine rings is 1. The molecule has 2 fully saturated rings. The third-order valence-electron chi connectivity index (χ3n) is 5.81. The van der Waals surface area contributed by atoms with Gasteiger partial charge in [0.05, 0.1) is 16.8 Å². The Balaban J connectivity index is 1.71. The number of hydrogen-bond donors (Lipinski definition) is 2. The topological polar surface area (TPSA) is 108 Å². The SMILES string of the molecule is Cc1ccc2nc(C)c(C(=O)N3C[C@@]4(C(=O)O)C[C@@]4(C(=O)O)C3)cc2c1. The molecule has 1 aliphatic heterocycles. The largest absolute Gasteiger partial charge is 0.481 e. The van der Waals surface area contributed by atoms with Gasteiger partial charge in [-0.05, 0) is 38.5 Å². The highest BCUT2D eigenvalue weighted by molar-refractivity contribution is 6.02. The van der Waals surface area contributed by atoms with Gasteiger partial charge in [-0.25, -0.2) is 0 Å². The molecular formula is C19H18N2O5. The lowest BCUT2D eigenvalue weighted by molar-refractivity contribution is -0.151. The highest BCUT2D eigenvalue weighted by Gasteiger charge is 2.81. The molecule has 2 atom stereocenters. The minimum atomic E-state index is -1.37. The van der Waals surface area contributed by atoms with Gasteiger partial charge in [0.25, 0.3) is 5.91 Å². The van der Waals surface area contributed by atoms with Gasteiger partial charge in [0.1, 0.15) is 10.8 Å². The molecular weight excluding hydrogens is 336 g/mol. The van der Waals surface area contributed by atoms with E-state index in [1.165, 1.54) is 4.90 Å². The van der Waals surface area contributed by atoms with E-state index < -0.39 is 22.8 Å². The second kappa shape index (κ2) is 5.03.